The molecule has 0 aliphatic heterocycles. The van der Waals surface area contributed by atoms with Crippen LogP contribution < -0.4 is 5.48 Å². The Bertz CT molecular complexity index is 113. The van der Waals surface area contributed by atoms with Crippen molar-refractivity contribution >= 4 is 0 Å². The van der Waals surface area contributed by atoms with Crippen LogP contribution >= 0.6 is 0 Å². The van der Waals surface area contributed by atoms with Crippen molar-refractivity contribution in [2.45, 2.75) is 6.10 Å². The molecule has 3 nitrogen and oxygen atoms in total. The Morgan fingerprint density at radius 1 is 1.80 bits per heavy atom. The molecule has 0 aromatic carbocycles. The molecule has 1 unspecified atom stereocenters. The third-order valence-electron chi connectivity index (χ3n) is 0.755. The van der Waals surface area contributed by atoms with Gasteiger partial charge in [-0.2, -0.15) is 5.48 Å². The highest BCUT2D eigenvalue weighted by molar-refractivity contribution is 4.82. The lowest BCUT2D eigenvalue weighted by atomic mass is 10.4. The zero-order valence-corrected chi connectivity index (χ0v) is 5.51. The summed E-state index contributed by atoms with van der Waals surface area (Å²) >= 11 is 0. The first kappa shape index (κ1) is 9.37. The number of aliphatic hydroxyl groups is 1. The molecule has 0 aliphatic rings. The van der Waals surface area contributed by atoms with Gasteiger partial charge in [-0.3, -0.25) is 4.84 Å². The Morgan fingerprint density at radius 2 is 2.50 bits per heavy atom. The van der Waals surface area contributed by atoms with Gasteiger partial charge in [0.15, 0.2) is 0 Å². The minimum atomic E-state index is -1.02. The Balaban J connectivity index is 2.98. The number of hydrogen-bond acceptors (Lipinski definition) is 3. The zero-order valence-electron chi connectivity index (χ0n) is 5.51. The normalized spacial score (nSPS) is 12.5. The number of rotatable bonds is 5. The van der Waals surface area contributed by atoms with Crippen LogP contribution in [-0.4, -0.2) is 31.0 Å². The summed E-state index contributed by atoms with van der Waals surface area (Å²) in [5.74, 6) is 2.20. The molecule has 0 aromatic rings. The molecule has 0 heterocycles. The van der Waals surface area contributed by atoms with E-state index in [1.807, 2.05) is 0 Å². The first-order chi connectivity index (χ1) is 4.81. The monoisotopic (exact) mass is 147 g/mol. The minimum Gasteiger partial charge on any atom is -0.389 e. The van der Waals surface area contributed by atoms with E-state index in [1.54, 1.807) is 0 Å². The smallest absolute Gasteiger partial charge is 0.128 e. The van der Waals surface area contributed by atoms with E-state index in [9.17, 15) is 4.39 Å². The van der Waals surface area contributed by atoms with Crippen molar-refractivity contribution in [3.63, 3.8) is 0 Å². The number of terminal acetylenes is 1. The average molecular weight is 147 g/mol. The van der Waals surface area contributed by atoms with Crippen LogP contribution in [0.2, 0.25) is 0 Å². The van der Waals surface area contributed by atoms with Crippen LogP contribution in [0.4, 0.5) is 4.39 Å². The summed E-state index contributed by atoms with van der Waals surface area (Å²) in [6, 6.07) is 0. The molecule has 1 atom stereocenters. The molecule has 0 rings (SSSR count). The van der Waals surface area contributed by atoms with E-state index < -0.39 is 12.8 Å². The predicted molar refractivity (Wildman–Crippen MR) is 34.8 cm³/mol. The van der Waals surface area contributed by atoms with Crippen LogP contribution in [-0.2, 0) is 4.84 Å². The molecule has 0 radical (unpaired) electrons. The van der Waals surface area contributed by atoms with Gasteiger partial charge >= 0.3 is 0 Å². The second-order valence-corrected chi connectivity index (χ2v) is 1.65. The number of alkyl halides is 1. The molecule has 10 heavy (non-hydrogen) atoms. The molecular weight excluding hydrogens is 137 g/mol. The highest BCUT2D eigenvalue weighted by atomic mass is 19.1. The van der Waals surface area contributed by atoms with Crippen LogP contribution in [0.25, 0.3) is 0 Å². The number of aliphatic hydroxyl groups excluding tert-OH is 1. The van der Waals surface area contributed by atoms with Crippen LogP contribution in [0.1, 0.15) is 0 Å². The van der Waals surface area contributed by atoms with Gasteiger partial charge in [-0.1, -0.05) is 5.92 Å². The van der Waals surface area contributed by atoms with Crippen LogP contribution in [0.3, 0.4) is 0 Å². The first-order valence-corrected chi connectivity index (χ1v) is 2.83. The van der Waals surface area contributed by atoms with Gasteiger partial charge in [-0.25, -0.2) is 4.39 Å². The molecule has 4 heteroatoms. The minimum absolute atomic E-state index is 0.0537. The van der Waals surface area contributed by atoms with Crippen molar-refractivity contribution in [2.75, 3.05) is 19.8 Å². The second-order valence-electron chi connectivity index (χ2n) is 1.65. The summed E-state index contributed by atoms with van der Waals surface area (Å²) in [6.07, 6.45) is 3.81. The Morgan fingerprint density at radius 3 is 3.00 bits per heavy atom. The summed E-state index contributed by atoms with van der Waals surface area (Å²) < 4.78 is 11.5. The van der Waals surface area contributed by atoms with Gasteiger partial charge in [-0.15, -0.1) is 6.42 Å². The molecule has 0 amide bonds. The summed E-state index contributed by atoms with van der Waals surface area (Å²) in [5.41, 5.74) is 2.30. The van der Waals surface area contributed by atoms with Gasteiger partial charge in [0.2, 0.25) is 0 Å². The summed E-state index contributed by atoms with van der Waals surface area (Å²) in [4.78, 5) is 4.54. The topological polar surface area (TPSA) is 41.5 Å². The molecule has 0 fully saturated rings. The summed E-state index contributed by atoms with van der Waals surface area (Å²) in [5, 5.41) is 8.59. The number of hydroxylamine groups is 1. The molecule has 2 N–H and O–H groups in total. The molecule has 0 spiro atoms. The SMILES string of the molecule is C#CCONCC(O)CF. The van der Waals surface area contributed by atoms with E-state index in [1.165, 1.54) is 0 Å². The van der Waals surface area contributed by atoms with Gasteiger partial charge in [0.1, 0.15) is 13.3 Å². The first-order valence-electron chi connectivity index (χ1n) is 2.83. The van der Waals surface area contributed by atoms with Crippen molar-refractivity contribution in [2.24, 2.45) is 0 Å². The van der Waals surface area contributed by atoms with E-state index in [-0.39, 0.29) is 13.2 Å². The van der Waals surface area contributed by atoms with Crippen molar-refractivity contribution < 1.29 is 14.3 Å². The van der Waals surface area contributed by atoms with Crippen LogP contribution in [0, 0.1) is 12.3 Å². The van der Waals surface area contributed by atoms with Crippen molar-refractivity contribution in [1.82, 2.24) is 5.48 Å². The van der Waals surface area contributed by atoms with Crippen LogP contribution in [0.5, 0.6) is 0 Å². The van der Waals surface area contributed by atoms with E-state index >= 15 is 0 Å². The fraction of sp³-hybridized carbons (Fsp3) is 0.667. The standard InChI is InChI=1S/C6H10FNO2/c1-2-3-10-8-5-6(9)4-7/h1,6,8-9H,3-5H2. The third-order valence-corrected chi connectivity index (χ3v) is 0.755. The Labute approximate surface area is 59.1 Å². The lowest BCUT2D eigenvalue weighted by Gasteiger charge is -2.05. The lowest BCUT2D eigenvalue weighted by molar-refractivity contribution is 0.0259. The predicted octanol–water partition coefficient (Wildman–Crippen LogP) is -0.529. The third kappa shape index (κ3) is 5.51. The Kier molecular flexibility index (Phi) is 6.08. The van der Waals surface area contributed by atoms with Crippen LogP contribution in [0.15, 0.2) is 0 Å². The van der Waals surface area contributed by atoms with E-state index in [4.69, 9.17) is 11.5 Å². The molecule has 0 saturated heterocycles. The van der Waals surface area contributed by atoms with Gasteiger partial charge in [0.25, 0.3) is 0 Å². The quantitative estimate of drug-likeness (QED) is 0.312. The molecule has 0 aliphatic carbocycles. The fourth-order valence-corrected chi connectivity index (χ4v) is 0.302. The number of hydrogen-bond donors (Lipinski definition) is 2. The fourth-order valence-electron chi connectivity index (χ4n) is 0.302. The van der Waals surface area contributed by atoms with Crippen molar-refractivity contribution in [1.29, 1.82) is 0 Å². The highest BCUT2D eigenvalue weighted by Gasteiger charge is 2.00. The summed E-state index contributed by atoms with van der Waals surface area (Å²) in [7, 11) is 0. The number of halogens is 1. The lowest BCUT2D eigenvalue weighted by Crippen LogP contribution is -2.28. The van der Waals surface area contributed by atoms with Gasteiger partial charge in [0.05, 0.1) is 6.10 Å². The average Bonchev–Trinajstić information content (AvgIpc) is 1.98. The van der Waals surface area contributed by atoms with E-state index in [2.05, 4.69) is 16.2 Å². The maximum absolute atomic E-state index is 11.5. The molecular formula is C6H10FNO2. The van der Waals surface area contributed by atoms with E-state index in [0.717, 1.165) is 0 Å². The maximum atomic E-state index is 11.5. The van der Waals surface area contributed by atoms with E-state index in [0.29, 0.717) is 0 Å². The highest BCUT2D eigenvalue weighted by Crippen LogP contribution is 1.80. The number of nitrogens with one attached hydrogen (secondary N) is 1. The molecule has 0 aromatic heterocycles. The second kappa shape index (κ2) is 6.49. The van der Waals surface area contributed by atoms with Crippen molar-refractivity contribution in [3.8, 4) is 12.3 Å². The zero-order chi connectivity index (χ0) is 7.82. The molecule has 58 valence electrons. The van der Waals surface area contributed by atoms with Gasteiger partial charge < -0.3 is 5.11 Å². The Hall–Kier alpha value is -0.630. The largest absolute Gasteiger partial charge is 0.389 e. The molecule has 0 bridgehead atoms. The van der Waals surface area contributed by atoms with Gasteiger partial charge in [-0.05, 0) is 0 Å². The van der Waals surface area contributed by atoms with Gasteiger partial charge in [0, 0.05) is 6.54 Å². The maximum Gasteiger partial charge on any atom is 0.128 e. The summed E-state index contributed by atoms with van der Waals surface area (Å²) in [6.45, 7) is -0.621. The molecule has 0 saturated carbocycles. The van der Waals surface area contributed by atoms with Crippen molar-refractivity contribution in [3.05, 3.63) is 0 Å².